The fraction of sp³-hybridized carbons (Fsp3) is 0.368. The maximum Gasteiger partial charge on any atom is 0.123 e. The largest absolute Gasteiger partial charge is 0.507 e. The SMILES string of the molecule is COc1ccc(O)c(-c2ccc([C@@H](C)N3CCOCC3)cc2)c1. The number of ether oxygens (including phenoxy) is 2. The van der Waals surface area contributed by atoms with Crippen molar-refractivity contribution in [1.82, 2.24) is 4.90 Å². The van der Waals surface area contributed by atoms with Gasteiger partial charge in [-0.1, -0.05) is 24.3 Å². The number of hydrogen-bond acceptors (Lipinski definition) is 4. The standard InChI is InChI=1S/C19H23NO3/c1-14(20-9-11-23-12-10-20)15-3-5-16(6-4-15)18-13-17(22-2)7-8-19(18)21/h3-8,13-14,21H,9-12H2,1-2H3/t14-/m1/s1. The predicted molar refractivity (Wildman–Crippen MR) is 90.9 cm³/mol. The Kier molecular flexibility index (Phi) is 4.84. The summed E-state index contributed by atoms with van der Waals surface area (Å²) < 4.78 is 10.7. The fourth-order valence-electron chi connectivity index (χ4n) is 2.99. The van der Waals surface area contributed by atoms with Gasteiger partial charge in [-0.2, -0.15) is 0 Å². The predicted octanol–water partition coefficient (Wildman–Crippen LogP) is 3.46. The van der Waals surface area contributed by atoms with Crippen molar-refractivity contribution in [3.05, 3.63) is 48.0 Å². The summed E-state index contributed by atoms with van der Waals surface area (Å²) in [6.45, 7) is 5.78. The minimum Gasteiger partial charge on any atom is -0.507 e. The average Bonchev–Trinajstić information content (AvgIpc) is 2.62. The highest BCUT2D eigenvalue weighted by molar-refractivity contribution is 5.71. The van der Waals surface area contributed by atoms with E-state index in [1.165, 1.54) is 5.56 Å². The Bertz CT molecular complexity index is 648. The zero-order valence-corrected chi connectivity index (χ0v) is 13.7. The van der Waals surface area contributed by atoms with E-state index >= 15 is 0 Å². The van der Waals surface area contributed by atoms with Crippen molar-refractivity contribution in [3.8, 4) is 22.6 Å². The molecule has 1 N–H and O–H groups in total. The molecule has 3 rings (SSSR count). The second-order valence-electron chi connectivity index (χ2n) is 5.83. The minimum atomic E-state index is 0.264. The Balaban J connectivity index is 1.81. The van der Waals surface area contributed by atoms with Crippen LogP contribution in [-0.2, 0) is 4.74 Å². The topological polar surface area (TPSA) is 41.9 Å². The number of nitrogens with zero attached hydrogens (tertiary/aromatic N) is 1. The first-order chi connectivity index (χ1) is 11.2. The normalized spacial score (nSPS) is 17.0. The number of aromatic hydroxyl groups is 1. The lowest BCUT2D eigenvalue weighted by atomic mass is 9.99. The van der Waals surface area contributed by atoms with Crippen LogP contribution in [0.5, 0.6) is 11.5 Å². The van der Waals surface area contributed by atoms with Gasteiger partial charge in [-0.15, -0.1) is 0 Å². The Morgan fingerprint density at radius 2 is 1.78 bits per heavy atom. The highest BCUT2D eigenvalue weighted by Crippen LogP contribution is 2.33. The molecule has 2 aromatic carbocycles. The van der Waals surface area contributed by atoms with Gasteiger partial charge in [-0.05, 0) is 36.2 Å². The molecule has 0 spiro atoms. The molecule has 0 unspecified atom stereocenters. The Morgan fingerprint density at radius 3 is 2.43 bits per heavy atom. The van der Waals surface area contributed by atoms with Crippen LogP contribution in [0.3, 0.4) is 0 Å². The van der Waals surface area contributed by atoms with Crippen LogP contribution >= 0.6 is 0 Å². The number of morpholine rings is 1. The average molecular weight is 313 g/mol. The number of methoxy groups -OCH3 is 1. The molecule has 1 fully saturated rings. The van der Waals surface area contributed by atoms with Gasteiger partial charge in [0.1, 0.15) is 11.5 Å². The molecule has 0 aliphatic carbocycles. The van der Waals surface area contributed by atoms with E-state index in [0.29, 0.717) is 6.04 Å². The summed E-state index contributed by atoms with van der Waals surface area (Å²) in [5, 5.41) is 10.1. The van der Waals surface area contributed by atoms with Gasteiger partial charge >= 0.3 is 0 Å². The lowest BCUT2D eigenvalue weighted by Crippen LogP contribution is -2.37. The van der Waals surface area contributed by atoms with Crippen LogP contribution in [0.2, 0.25) is 0 Å². The summed E-state index contributed by atoms with van der Waals surface area (Å²) in [5.74, 6) is 1.00. The number of benzene rings is 2. The van der Waals surface area contributed by atoms with Crippen molar-refractivity contribution in [3.63, 3.8) is 0 Å². The van der Waals surface area contributed by atoms with Crippen LogP contribution in [-0.4, -0.2) is 43.4 Å². The molecule has 0 amide bonds. The van der Waals surface area contributed by atoms with Crippen molar-refractivity contribution in [1.29, 1.82) is 0 Å². The summed E-state index contributed by atoms with van der Waals surface area (Å²) in [6.07, 6.45) is 0. The van der Waals surface area contributed by atoms with Gasteiger partial charge in [0.2, 0.25) is 0 Å². The quantitative estimate of drug-likeness (QED) is 0.938. The summed E-state index contributed by atoms with van der Waals surface area (Å²) in [5.41, 5.74) is 3.05. The van der Waals surface area contributed by atoms with Gasteiger partial charge < -0.3 is 14.6 Å². The third-order valence-electron chi connectivity index (χ3n) is 4.50. The first-order valence-corrected chi connectivity index (χ1v) is 7.98. The molecule has 1 aliphatic rings. The van der Waals surface area contributed by atoms with Crippen molar-refractivity contribution in [2.75, 3.05) is 33.4 Å². The molecule has 1 atom stereocenters. The Morgan fingerprint density at radius 1 is 1.09 bits per heavy atom. The molecular formula is C19H23NO3. The van der Waals surface area contributed by atoms with E-state index in [9.17, 15) is 5.11 Å². The molecule has 2 aromatic rings. The maximum atomic E-state index is 10.1. The number of rotatable bonds is 4. The van der Waals surface area contributed by atoms with E-state index in [1.54, 1.807) is 19.2 Å². The van der Waals surface area contributed by atoms with Crippen LogP contribution in [0.1, 0.15) is 18.5 Å². The molecule has 4 heteroatoms. The second-order valence-corrected chi connectivity index (χ2v) is 5.83. The number of phenolic OH excluding ortho intramolecular Hbond substituents is 1. The lowest BCUT2D eigenvalue weighted by Gasteiger charge is -2.32. The lowest BCUT2D eigenvalue weighted by molar-refractivity contribution is 0.0198. The second kappa shape index (κ2) is 7.02. The maximum absolute atomic E-state index is 10.1. The molecular weight excluding hydrogens is 290 g/mol. The van der Waals surface area contributed by atoms with Gasteiger partial charge in [-0.25, -0.2) is 0 Å². The van der Waals surface area contributed by atoms with Crippen molar-refractivity contribution in [2.24, 2.45) is 0 Å². The Hall–Kier alpha value is -2.04. The zero-order chi connectivity index (χ0) is 16.2. The van der Waals surface area contributed by atoms with Crippen LogP contribution in [0.25, 0.3) is 11.1 Å². The van der Waals surface area contributed by atoms with E-state index in [4.69, 9.17) is 9.47 Å². The summed E-state index contributed by atoms with van der Waals surface area (Å²) >= 11 is 0. The van der Waals surface area contributed by atoms with Crippen LogP contribution < -0.4 is 4.74 Å². The molecule has 122 valence electrons. The van der Waals surface area contributed by atoms with E-state index in [2.05, 4.69) is 36.1 Å². The van der Waals surface area contributed by atoms with Gasteiger partial charge in [0, 0.05) is 24.7 Å². The smallest absolute Gasteiger partial charge is 0.123 e. The van der Waals surface area contributed by atoms with Gasteiger partial charge in [0.25, 0.3) is 0 Å². The van der Waals surface area contributed by atoms with Crippen molar-refractivity contribution >= 4 is 0 Å². The molecule has 1 heterocycles. The van der Waals surface area contributed by atoms with Gasteiger partial charge in [0.05, 0.1) is 20.3 Å². The van der Waals surface area contributed by atoms with Gasteiger partial charge in [-0.3, -0.25) is 4.90 Å². The first-order valence-electron chi connectivity index (χ1n) is 7.98. The monoisotopic (exact) mass is 313 g/mol. The molecule has 0 aromatic heterocycles. The van der Waals surface area contributed by atoms with E-state index in [1.807, 2.05) is 6.07 Å². The van der Waals surface area contributed by atoms with E-state index in [0.717, 1.165) is 43.2 Å². The molecule has 0 bridgehead atoms. The van der Waals surface area contributed by atoms with Crippen LogP contribution in [0.4, 0.5) is 0 Å². The van der Waals surface area contributed by atoms with Gasteiger partial charge in [0.15, 0.2) is 0 Å². The highest BCUT2D eigenvalue weighted by Gasteiger charge is 2.18. The van der Waals surface area contributed by atoms with Crippen LogP contribution in [0.15, 0.2) is 42.5 Å². The molecule has 1 aliphatic heterocycles. The summed E-state index contributed by atoms with van der Waals surface area (Å²) in [7, 11) is 1.63. The fourth-order valence-corrected chi connectivity index (χ4v) is 2.99. The molecule has 0 radical (unpaired) electrons. The van der Waals surface area contributed by atoms with E-state index in [-0.39, 0.29) is 5.75 Å². The summed E-state index contributed by atoms with van der Waals surface area (Å²) in [6, 6.07) is 14.0. The van der Waals surface area contributed by atoms with Crippen molar-refractivity contribution in [2.45, 2.75) is 13.0 Å². The first kappa shape index (κ1) is 15.8. The zero-order valence-electron chi connectivity index (χ0n) is 13.7. The number of phenols is 1. The van der Waals surface area contributed by atoms with Crippen molar-refractivity contribution < 1.29 is 14.6 Å². The Labute approximate surface area is 137 Å². The van der Waals surface area contributed by atoms with Crippen LogP contribution in [0, 0.1) is 0 Å². The third kappa shape index (κ3) is 3.49. The molecule has 4 nitrogen and oxygen atoms in total. The minimum absolute atomic E-state index is 0.264. The summed E-state index contributed by atoms with van der Waals surface area (Å²) in [4.78, 5) is 2.43. The number of hydrogen-bond donors (Lipinski definition) is 1. The molecule has 23 heavy (non-hydrogen) atoms. The third-order valence-corrected chi connectivity index (χ3v) is 4.50. The molecule has 1 saturated heterocycles. The molecule has 0 saturated carbocycles. The van der Waals surface area contributed by atoms with E-state index < -0.39 is 0 Å². The highest BCUT2D eigenvalue weighted by atomic mass is 16.5.